The molecule has 2 heteroatoms. The fourth-order valence-electron chi connectivity index (χ4n) is 0.614. The van der Waals surface area contributed by atoms with Gasteiger partial charge in [-0.1, -0.05) is 40.2 Å². The van der Waals surface area contributed by atoms with Gasteiger partial charge in [-0.15, -0.1) is 5.75 Å². The molecule has 0 saturated carbocycles. The predicted molar refractivity (Wildman–Crippen MR) is 38.5 cm³/mol. The van der Waals surface area contributed by atoms with Crippen LogP contribution in [0.4, 0.5) is 0 Å². The minimum Gasteiger partial charge on any atom is -0.872 e. The van der Waals surface area contributed by atoms with E-state index in [1.807, 2.05) is 12.1 Å². The molecule has 0 fully saturated rings. The van der Waals surface area contributed by atoms with E-state index in [-0.39, 0.29) is 5.75 Å². The Morgan fingerprint density at radius 1 is 1.33 bits per heavy atom. The molecule has 0 aromatic heterocycles. The van der Waals surface area contributed by atoms with Crippen molar-refractivity contribution in [2.24, 2.45) is 0 Å². The minimum atomic E-state index is 0.106. The van der Waals surface area contributed by atoms with Crippen LogP contribution in [-0.4, -0.2) is 0 Å². The topological polar surface area (TPSA) is 23.1 Å². The lowest BCUT2D eigenvalue weighted by Gasteiger charge is -2.08. The second kappa shape index (κ2) is 2.87. The number of alkyl halides is 1. The molecule has 0 bridgehead atoms. The Labute approximate surface area is 62.5 Å². The molecule has 0 radical (unpaired) electrons. The molecule has 48 valence electrons. The number of hydrogen-bond acceptors (Lipinski definition) is 1. The van der Waals surface area contributed by atoms with Crippen molar-refractivity contribution in [3.63, 3.8) is 0 Å². The van der Waals surface area contributed by atoms with Gasteiger partial charge in [-0.25, -0.2) is 0 Å². The fourth-order valence-corrected chi connectivity index (χ4v) is 1.08. The van der Waals surface area contributed by atoms with Crippen LogP contribution in [0.1, 0.15) is 5.56 Å². The Morgan fingerprint density at radius 2 is 2.00 bits per heavy atom. The third kappa shape index (κ3) is 1.45. The van der Waals surface area contributed by atoms with Crippen LogP contribution in [0.15, 0.2) is 24.3 Å². The highest BCUT2D eigenvalue weighted by Crippen LogP contribution is 2.14. The first-order valence-corrected chi connectivity index (χ1v) is 3.77. The van der Waals surface area contributed by atoms with Gasteiger partial charge in [0.1, 0.15) is 0 Å². The maximum Gasteiger partial charge on any atom is 0.0276 e. The van der Waals surface area contributed by atoms with Crippen LogP contribution in [0.25, 0.3) is 0 Å². The van der Waals surface area contributed by atoms with Crippen molar-refractivity contribution in [3.05, 3.63) is 29.8 Å². The Balaban J connectivity index is 3.01. The molecule has 0 aliphatic heterocycles. The van der Waals surface area contributed by atoms with Gasteiger partial charge in [0, 0.05) is 5.33 Å². The number of hydrogen-bond donors (Lipinski definition) is 0. The molecule has 0 saturated heterocycles. The summed E-state index contributed by atoms with van der Waals surface area (Å²) in [5.74, 6) is 0.106. The number of benzene rings is 1. The molecule has 0 spiro atoms. The summed E-state index contributed by atoms with van der Waals surface area (Å²) >= 11 is 3.21. The van der Waals surface area contributed by atoms with Crippen molar-refractivity contribution in [2.75, 3.05) is 0 Å². The van der Waals surface area contributed by atoms with E-state index < -0.39 is 0 Å². The van der Waals surface area contributed by atoms with Gasteiger partial charge in [-0.2, -0.15) is 0 Å². The lowest BCUT2D eigenvalue weighted by atomic mass is 10.2. The van der Waals surface area contributed by atoms with Gasteiger partial charge in [-0.05, 0) is 5.56 Å². The molecule has 1 rings (SSSR count). The van der Waals surface area contributed by atoms with Gasteiger partial charge >= 0.3 is 0 Å². The highest BCUT2D eigenvalue weighted by Gasteiger charge is 1.85. The zero-order chi connectivity index (χ0) is 6.69. The standard InChI is InChI=1S/C7H7BrO/c8-5-6-3-1-2-4-7(6)9/h1-4,9H,5H2/p-1. The summed E-state index contributed by atoms with van der Waals surface area (Å²) in [7, 11) is 0. The van der Waals surface area contributed by atoms with Crippen LogP contribution in [-0.2, 0) is 5.33 Å². The summed E-state index contributed by atoms with van der Waals surface area (Å²) in [4.78, 5) is 0. The van der Waals surface area contributed by atoms with E-state index in [1.165, 1.54) is 0 Å². The van der Waals surface area contributed by atoms with Crippen LogP contribution < -0.4 is 5.11 Å². The molecule has 0 N–H and O–H groups in total. The Morgan fingerprint density at radius 3 is 2.44 bits per heavy atom. The maximum atomic E-state index is 10.8. The molecule has 1 nitrogen and oxygen atoms in total. The second-order valence-electron chi connectivity index (χ2n) is 1.74. The van der Waals surface area contributed by atoms with Crippen molar-refractivity contribution in [2.45, 2.75) is 5.33 Å². The maximum absolute atomic E-state index is 10.8. The third-order valence-corrected chi connectivity index (χ3v) is 1.72. The van der Waals surface area contributed by atoms with Gasteiger partial charge in [0.15, 0.2) is 0 Å². The normalized spacial score (nSPS) is 9.44. The van der Waals surface area contributed by atoms with E-state index in [9.17, 15) is 5.11 Å². The molecular weight excluding hydrogens is 180 g/mol. The zero-order valence-corrected chi connectivity index (χ0v) is 6.39. The van der Waals surface area contributed by atoms with Gasteiger partial charge in [0.05, 0.1) is 0 Å². The molecule has 0 aliphatic rings. The molecular formula is C7H6BrO-. The van der Waals surface area contributed by atoms with E-state index in [0.29, 0.717) is 5.33 Å². The smallest absolute Gasteiger partial charge is 0.0276 e. The van der Waals surface area contributed by atoms with Crippen molar-refractivity contribution in [1.82, 2.24) is 0 Å². The highest BCUT2D eigenvalue weighted by molar-refractivity contribution is 9.08. The van der Waals surface area contributed by atoms with Crippen molar-refractivity contribution < 1.29 is 5.11 Å². The third-order valence-electron chi connectivity index (χ3n) is 1.12. The first kappa shape index (κ1) is 6.62. The lowest BCUT2D eigenvalue weighted by Crippen LogP contribution is -1.92. The van der Waals surface area contributed by atoms with E-state index in [1.54, 1.807) is 12.1 Å². The molecule has 0 heterocycles. The van der Waals surface area contributed by atoms with Gasteiger partial charge in [-0.3, -0.25) is 0 Å². The van der Waals surface area contributed by atoms with Crippen molar-refractivity contribution >= 4 is 15.9 Å². The summed E-state index contributed by atoms with van der Waals surface area (Å²) < 4.78 is 0. The van der Waals surface area contributed by atoms with Crippen molar-refractivity contribution in [3.8, 4) is 5.75 Å². The Hall–Kier alpha value is -0.500. The zero-order valence-electron chi connectivity index (χ0n) is 4.80. The summed E-state index contributed by atoms with van der Waals surface area (Å²) in [5.41, 5.74) is 0.817. The van der Waals surface area contributed by atoms with Gasteiger partial charge < -0.3 is 5.11 Å². The summed E-state index contributed by atoms with van der Waals surface area (Å²) in [6, 6.07) is 6.99. The molecule has 0 aliphatic carbocycles. The first-order chi connectivity index (χ1) is 4.34. The number of rotatable bonds is 1. The quantitative estimate of drug-likeness (QED) is 0.611. The van der Waals surface area contributed by atoms with Gasteiger partial charge in [0.2, 0.25) is 0 Å². The molecule has 0 amide bonds. The molecule has 0 unspecified atom stereocenters. The average Bonchev–Trinajstić information content (AvgIpc) is 1.89. The van der Waals surface area contributed by atoms with Crippen LogP contribution in [0.2, 0.25) is 0 Å². The van der Waals surface area contributed by atoms with Crippen LogP contribution in [0.3, 0.4) is 0 Å². The van der Waals surface area contributed by atoms with E-state index in [4.69, 9.17) is 0 Å². The average molecular weight is 186 g/mol. The monoisotopic (exact) mass is 185 g/mol. The van der Waals surface area contributed by atoms with E-state index in [0.717, 1.165) is 5.56 Å². The molecule has 1 aromatic carbocycles. The molecule has 1 aromatic rings. The SMILES string of the molecule is [O-]c1ccccc1CBr. The van der Waals surface area contributed by atoms with Crippen LogP contribution in [0, 0.1) is 0 Å². The Bertz CT molecular complexity index is 198. The largest absolute Gasteiger partial charge is 0.872 e. The number of halogens is 1. The lowest BCUT2D eigenvalue weighted by molar-refractivity contribution is -0.269. The Kier molecular flexibility index (Phi) is 2.11. The van der Waals surface area contributed by atoms with Crippen molar-refractivity contribution in [1.29, 1.82) is 0 Å². The van der Waals surface area contributed by atoms with E-state index in [2.05, 4.69) is 15.9 Å². The summed E-state index contributed by atoms with van der Waals surface area (Å²) in [6.07, 6.45) is 0. The fraction of sp³-hybridized carbons (Fsp3) is 0.143. The van der Waals surface area contributed by atoms with Crippen LogP contribution in [0.5, 0.6) is 5.75 Å². The second-order valence-corrected chi connectivity index (χ2v) is 2.30. The van der Waals surface area contributed by atoms with E-state index >= 15 is 0 Å². The molecule has 0 atom stereocenters. The number of para-hydroxylation sites is 1. The summed E-state index contributed by atoms with van der Waals surface area (Å²) in [5, 5.41) is 11.5. The predicted octanol–water partition coefficient (Wildman–Crippen LogP) is 1.66. The highest BCUT2D eigenvalue weighted by atomic mass is 79.9. The summed E-state index contributed by atoms with van der Waals surface area (Å²) in [6.45, 7) is 0. The first-order valence-electron chi connectivity index (χ1n) is 2.65. The van der Waals surface area contributed by atoms with Gasteiger partial charge in [0.25, 0.3) is 0 Å². The minimum absolute atomic E-state index is 0.106. The van der Waals surface area contributed by atoms with Crippen LogP contribution >= 0.6 is 15.9 Å². The molecule has 9 heavy (non-hydrogen) atoms.